The molecule has 0 saturated carbocycles. The van der Waals surface area contributed by atoms with E-state index in [1.807, 2.05) is 5.32 Å². The van der Waals surface area contributed by atoms with Crippen LogP contribution in [0.25, 0.3) is 0 Å². The number of aliphatic hydroxyl groups is 1. The lowest BCUT2D eigenvalue weighted by Crippen LogP contribution is -2.46. The summed E-state index contributed by atoms with van der Waals surface area (Å²) in [4.78, 5) is 29.9. The zero-order chi connectivity index (χ0) is 24.5. The number of anilines is 1. The fourth-order valence-corrected chi connectivity index (χ4v) is 4.15. The van der Waals surface area contributed by atoms with Crippen LogP contribution >= 0.6 is 0 Å². The molecule has 0 radical (unpaired) electrons. The molecule has 172 valence electrons. The number of nitrogens with one attached hydrogen (secondary N) is 2. The minimum atomic E-state index is -4.83. The highest BCUT2D eigenvalue weighted by Crippen LogP contribution is 2.26. The summed E-state index contributed by atoms with van der Waals surface area (Å²) in [7, 11) is -2.12. The molecule has 3 N–H and O–H groups in total. The zero-order valence-electron chi connectivity index (χ0n) is 16.9. The maximum Gasteiger partial charge on any atom is 0.432 e. The first-order valence-electron chi connectivity index (χ1n) is 8.77. The standard InChI is InChI=1S/C17H17BF4N4O5S/c1-16(29,14(28)26-15-24-6-10(18)12(25-15)17(20,21)22)7-32(30,31)8-3-4-9(11(19)5-8)13(27)23-2/h3-6,29H,7,18H2,1-2H3,(H,23,27)(H,24,25,26,28)/t16-/m0/s1. The largest absolute Gasteiger partial charge is 0.432 e. The Morgan fingerprint density at radius 2 is 1.88 bits per heavy atom. The average molecular weight is 476 g/mol. The number of rotatable bonds is 6. The summed E-state index contributed by atoms with van der Waals surface area (Å²) in [5.41, 5.74) is -4.71. The van der Waals surface area contributed by atoms with Crippen LogP contribution in [-0.4, -0.2) is 61.6 Å². The van der Waals surface area contributed by atoms with E-state index in [4.69, 9.17) is 0 Å². The number of aromatic nitrogens is 2. The van der Waals surface area contributed by atoms with E-state index in [0.29, 0.717) is 6.07 Å². The quantitative estimate of drug-likeness (QED) is 0.375. The number of carbonyl (C=O) groups excluding carboxylic acids is 2. The van der Waals surface area contributed by atoms with Crippen molar-refractivity contribution >= 4 is 40.9 Å². The van der Waals surface area contributed by atoms with Crippen molar-refractivity contribution in [2.45, 2.75) is 23.6 Å². The number of hydrogen-bond acceptors (Lipinski definition) is 7. The predicted octanol–water partition coefficient (Wildman–Crippen LogP) is -0.584. The van der Waals surface area contributed by atoms with Gasteiger partial charge in [-0.3, -0.25) is 14.9 Å². The Morgan fingerprint density at radius 3 is 2.41 bits per heavy atom. The normalized spacial score (nSPS) is 13.8. The van der Waals surface area contributed by atoms with Crippen molar-refractivity contribution in [2.75, 3.05) is 18.1 Å². The van der Waals surface area contributed by atoms with Gasteiger partial charge in [-0.1, -0.05) is 0 Å². The molecular formula is C17H17BF4N4O5S. The lowest BCUT2D eigenvalue weighted by atomic mass is 9.96. The molecule has 2 aromatic rings. The number of halogens is 4. The van der Waals surface area contributed by atoms with Crippen LogP contribution in [0.5, 0.6) is 0 Å². The van der Waals surface area contributed by atoms with Crippen LogP contribution < -0.4 is 16.1 Å². The molecule has 32 heavy (non-hydrogen) atoms. The van der Waals surface area contributed by atoms with E-state index in [2.05, 4.69) is 15.3 Å². The van der Waals surface area contributed by atoms with Crippen molar-refractivity contribution < 1.29 is 40.7 Å². The maximum absolute atomic E-state index is 14.1. The molecule has 0 saturated heterocycles. The van der Waals surface area contributed by atoms with Gasteiger partial charge in [0.15, 0.2) is 15.4 Å². The van der Waals surface area contributed by atoms with E-state index >= 15 is 0 Å². The molecule has 1 aromatic heterocycles. The summed E-state index contributed by atoms with van der Waals surface area (Å²) < 4.78 is 78.1. The molecule has 0 aliphatic heterocycles. The van der Waals surface area contributed by atoms with E-state index in [1.54, 1.807) is 0 Å². The Labute approximate surface area is 180 Å². The van der Waals surface area contributed by atoms with Crippen LogP contribution in [-0.2, 0) is 20.8 Å². The summed E-state index contributed by atoms with van der Waals surface area (Å²) in [5.74, 6) is -5.40. The first-order valence-corrected chi connectivity index (χ1v) is 10.4. The topological polar surface area (TPSA) is 138 Å². The van der Waals surface area contributed by atoms with Crippen molar-refractivity contribution in [1.29, 1.82) is 0 Å². The smallest absolute Gasteiger partial charge is 0.379 e. The van der Waals surface area contributed by atoms with E-state index in [-0.39, 0.29) is 5.46 Å². The summed E-state index contributed by atoms with van der Waals surface area (Å²) in [5, 5.41) is 14.4. The number of amides is 2. The molecule has 0 aliphatic rings. The third-order valence-electron chi connectivity index (χ3n) is 4.20. The number of benzene rings is 1. The molecule has 9 nitrogen and oxygen atoms in total. The number of nitrogens with zero attached hydrogens (tertiary/aromatic N) is 2. The Balaban J connectivity index is 2.26. The van der Waals surface area contributed by atoms with Gasteiger partial charge < -0.3 is 10.4 Å². The van der Waals surface area contributed by atoms with Crippen LogP contribution in [0, 0.1) is 5.82 Å². The van der Waals surface area contributed by atoms with Crippen LogP contribution in [0.3, 0.4) is 0 Å². The molecule has 0 spiro atoms. The predicted molar refractivity (Wildman–Crippen MR) is 106 cm³/mol. The van der Waals surface area contributed by atoms with Gasteiger partial charge in [0.05, 0.1) is 16.2 Å². The number of alkyl halides is 3. The van der Waals surface area contributed by atoms with Crippen LogP contribution in [0.15, 0.2) is 29.3 Å². The van der Waals surface area contributed by atoms with Crippen molar-refractivity contribution in [3.8, 4) is 0 Å². The fourth-order valence-electron chi connectivity index (χ4n) is 2.55. The fraction of sp³-hybridized carbons (Fsp3) is 0.294. The van der Waals surface area contributed by atoms with Gasteiger partial charge in [0.2, 0.25) is 5.95 Å². The molecule has 2 rings (SSSR count). The average Bonchev–Trinajstić information content (AvgIpc) is 2.67. The highest BCUT2D eigenvalue weighted by atomic mass is 32.2. The minimum absolute atomic E-state index is 0.313. The van der Waals surface area contributed by atoms with Crippen LogP contribution in [0.4, 0.5) is 23.5 Å². The van der Waals surface area contributed by atoms with Crippen molar-refractivity contribution in [2.24, 2.45) is 0 Å². The van der Waals surface area contributed by atoms with Gasteiger partial charge >= 0.3 is 6.18 Å². The summed E-state index contributed by atoms with van der Waals surface area (Å²) in [6.45, 7) is 0.800. The molecule has 0 aliphatic carbocycles. The van der Waals surface area contributed by atoms with E-state index in [1.165, 1.54) is 7.05 Å². The highest BCUT2D eigenvalue weighted by Gasteiger charge is 2.39. The summed E-state index contributed by atoms with van der Waals surface area (Å²) in [6, 6.07) is 2.37. The Hall–Kier alpha value is -3.07. The molecule has 1 atom stereocenters. The van der Waals surface area contributed by atoms with Gasteiger partial charge in [0.1, 0.15) is 19.4 Å². The van der Waals surface area contributed by atoms with Crippen molar-refractivity contribution in [3.63, 3.8) is 0 Å². The monoisotopic (exact) mass is 476 g/mol. The second kappa shape index (κ2) is 8.82. The molecule has 0 fully saturated rings. The third-order valence-corrected chi connectivity index (χ3v) is 6.11. The maximum atomic E-state index is 14.1. The van der Waals surface area contributed by atoms with Gasteiger partial charge in [0.25, 0.3) is 11.8 Å². The Bertz CT molecular complexity index is 1170. The Kier molecular flexibility index (Phi) is 6.95. The van der Waals surface area contributed by atoms with E-state index < -0.39 is 67.1 Å². The lowest BCUT2D eigenvalue weighted by molar-refractivity contribution is -0.140. The van der Waals surface area contributed by atoms with Crippen LogP contribution in [0.1, 0.15) is 23.0 Å². The van der Waals surface area contributed by atoms with Crippen molar-refractivity contribution in [3.05, 3.63) is 41.5 Å². The van der Waals surface area contributed by atoms with Gasteiger partial charge in [-0.05, 0) is 30.6 Å². The van der Waals surface area contributed by atoms with Crippen molar-refractivity contribution in [1.82, 2.24) is 15.3 Å². The first-order chi connectivity index (χ1) is 14.6. The Morgan fingerprint density at radius 1 is 1.25 bits per heavy atom. The minimum Gasteiger partial charge on any atom is -0.379 e. The van der Waals surface area contributed by atoms with Gasteiger partial charge in [-0.25, -0.2) is 22.8 Å². The molecular weight excluding hydrogens is 459 g/mol. The number of hydrogen-bond donors (Lipinski definition) is 3. The first kappa shape index (κ1) is 25.2. The van der Waals surface area contributed by atoms with E-state index in [9.17, 15) is 40.7 Å². The second-order valence-electron chi connectivity index (χ2n) is 6.93. The van der Waals surface area contributed by atoms with Gasteiger partial charge in [-0.2, -0.15) is 13.2 Å². The lowest BCUT2D eigenvalue weighted by Gasteiger charge is -2.22. The summed E-state index contributed by atoms with van der Waals surface area (Å²) >= 11 is 0. The second-order valence-corrected chi connectivity index (χ2v) is 8.92. The SMILES string of the molecule is Bc1cnc(NC(=O)[C@@](C)(O)CS(=O)(=O)c2ccc(C(=O)NC)c(F)c2)nc1C(F)(F)F. The van der Waals surface area contributed by atoms with Crippen LogP contribution in [0.2, 0.25) is 0 Å². The molecule has 0 unspecified atom stereocenters. The molecule has 2 amide bonds. The molecule has 1 aromatic carbocycles. The number of carbonyl (C=O) groups is 2. The van der Waals surface area contributed by atoms with E-state index in [0.717, 1.165) is 33.1 Å². The number of sulfone groups is 1. The van der Waals surface area contributed by atoms with Gasteiger partial charge in [0, 0.05) is 13.2 Å². The highest BCUT2D eigenvalue weighted by molar-refractivity contribution is 7.91. The summed E-state index contributed by atoms with van der Waals surface area (Å²) in [6.07, 6.45) is -4.03. The molecule has 0 bridgehead atoms. The third kappa shape index (κ3) is 5.59. The molecule has 15 heteroatoms. The van der Waals surface area contributed by atoms with Gasteiger partial charge in [-0.15, -0.1) is 0 Å². The zero-order valence-corrected chi connectivity index (χ0v) is 17.7. The molecule has 1 heterocycles.